The van der Waals surface area contributed by atoms with Gasteiger partial charge in [0, 0.05) is 5.02 Å². The Hall–Kier alpha value is -1.26. The largest absolute Gasteiger partial charge is 0.486 e. The number of thiazole rings is 1. The predicted molar refractivity (Wildman–Crippen MR) is 62.3 cm³/mol. The van der Waals surface area contributed by atoms with Gasteiger partial charge in [0.2, 0.25) is 0 Å². The molecule has 0 fully saturated rings. The first kappa shape index (κ1) is 10.3. The molecule has 0 bridgehead atoms. The molecule has 0 saturated heterocycles. The molecule has 1 heterocycles. The Morgan fingerprint density at radius 1 is 1.47 bits per heavy atom. The third-order valence-corrected chi connectivity index (χ3v) is 2.76. The van der Waals surface area contributed by atoms with Crippen molar-refractivity contribution in [3.8, 4) is 5.75 Å². The summed E-state index contributed by atoms with van der Waals surface area (Å²) in [5.41, 5.74) is 5.55. The Bertz CT molecular complexity index is 458. The molecule has 0 spiro atoms. The zero-order valence-electron chi connectivity index (χ0n) is 7.81. The van der Waals surface area contributed by atoms with Crippen LogP contribution in [0.15, 0.2) is 30.5 Å². The minimum absolute atomic E-state index is 0.419. The molecule has 15 heavy (non-hydrogen) atoms. The highest BCUT2D eigenvalue weighted by Gasteiger charge is 2.00. The van der Waals surface area contributed by atoms with Crippen LogP contribution >= 0.6 is 22.9 Å². The molecule has 0 unspecified atom stereocenters. The van der Waals surface area contributed by atoms with Crippen LogP contribution in [0.3, 0.4) is 0 Å². The fourth-order valence-electron chi connectivity index (χ4n) is 1.09. The highest BCUT2D eigenvalue weighted by Crippen LogP contribution is 2.20. The number of hydrogen-bond acceptors (Lipinski definition) is 4. The lowest BCUT2D eigenvalue weighted by Crippen LogP contribution is -1.93. The molecular formula is C10H9ClN2OS. The Balaban J connectivity index is 1.99. The summed E-state index contributed by atoms with van der Waals surface area (Å²) < 4.78 is 5.49. The van der Waals surface area contributed by atoms with E-state index in [9.17, 15) is 0 Å². The summed E-state index contributed by atoms with van der Waals surface area (Å²) in [7, 11) is 0. The van der Waals surface area contributed by atoms with Crippen LogP contribution in [0.2, 0.25) is 5.02 Å². The Morgan fingerprint density at radius 3 is 3.00 bits per heavy atom. The second kappa shape index (κ2) is 4.51. The van der Waals surface area contributed by atoms with Crippen molar-refractivity contribution in [3.63, 3.8) is 0 Å². The third-order valence-electron chi connectivity index (χ3n) is 1.73. The molecule has 1 aromatic heterocycles. The molecule has 0 aliphatic carbocycles. The Labute approximate surface area is 96.5 Å². The summed E-state index contributed by atoms with van der Waals surface area (Å²) in [6.07, 6.45) is 1.63. The number of aromatic nitrogens is 1. The summed E-state index contributed by atoms with van der Waals surface area (Å²) in [6, 6.07) is 7.25. The zero-order chi connectivity index (χ0) is 10.7. The normalized spacial score (nSPS) is 10.2. The average molecular weight is 241 g/mol. The molecule has 0 aliphatic heterocycles. The van der Waals surface area contributed by atoms with E-state index in [4.69, 9.17) is 22.1 Å². The lowest BCUT2D eigenvalue weighted by atomic mass is 10.3. The van der Waals surface area contributed by atoms with Crippen LogP contribution in [0.1, 0.15) is 5.01 Å². The highest BCUT2D eigenvalue weighted by atomic mass is 35.5. The number of nitrogens with two attached hydrogens (primary N) is 1. The molecule has 0 amide bonds. The van der Waals surface area contributed by atoms with Crippen LogP contribution < -0.4 is 10.5 Å². The van der Waals surface area contributed by atoms with Crippen LogP contribution in [0.25, 0.3) is 0 Å². The van der Waals surface area contributed by atoms with E-state index in [2.05, 4.69) is 4.98 Å². The van der Waals surface area contributed by atoms with E-state index < -0.39 is 0 Å². The van der Waals surface area contributed by atoms with Crippen molar-refractivity contribution in [1.29, 1.82) is 0 Å². The summed E-state index contributed by atoms with van der Waals surface area (Å²) in [4.78, 5) is 4.09. The zero-order valence-corrected chi connectivity index (χ0v) is 9.39. The first-order chi connectivity index (χ1) is 7.24. The van der Waals surface area contributed by atoms with Gasteiger partial charge in [-0.1, -0.05) is 29.0 Å². The Kier molecular flexibility index (Phi) is 3.08. The molecule has 2 N–H and O–H groups in total. The minimum Gasteiger partial charge on any atom is -0.486 e. The summed E-state index contributed by atoms with van der Waals surface area (Å²) in [6.45, 7) is 0.419. The van der Waals surface area contributed by atoms with Gasteiger partial charge in [-0.25, -0.2) is 4.98 Å². The second-order valence-corrected chi connectivity index (χ2v) is 4.49. The van der Waals surface area contributed by atoms with Crippen LogP contribution in [-0.2, 0) is 6.61 Å². The number of halogens is 1. The maximum absolute atomic E-state index is 5.82. The van der Waals surface area contributed by atoms with Crippen molar-refractivity contribution in [2.24, 2.45) is 0 Å². The SMILES string of the molecule is Nc1cnc(COc2cccc(Cl)c2)s1. The van der Waals surface area contributed by atoms with Crippen molar-refractivity contribution >= 4 is 27.9 Å². The first-order valence-electron chi connectivity index (χ1n) is 4.32. The quantitative estimate of drug-likeness (QED) is 0.897. The van der Waals surface area contributed by atoms with Crippen molar-refractivity contribution < 1.29 is 4.74 Å². The van der Waals surface area contributed by atoms with Gasteiger partial charge in [-0.3, -0.25) is 0 Å². The summed E-state index contributed by atoms with van der Waals surface area (Å²) in [5.74, 6) is 0.733. The van der Waals surface area contributed by atoms with Gasteiger partial charge in [-0.15, -0.1) is 0 Å². The van der Waals surface area contributed by atoms with Gasteiger partial charge in [-0.2, -0.15) is 0 Å². The van der Waals surface area contributed by atoms with Gasteiger partial charge in [0.25, 0.3) is 0 Å². The van der Waals surface area contributed by atoms with E-state index in [-0.39, 0.29) is 0 Å². The number of ether oxygens (including phenoxy) is 1. The van der Waals surface area contributed by atoms with Crippen molar-refractivity contribution in [1.82, 2.24) is 4.98 Å². The molecule has 0 saturated carbocycles. The van der Waals surface area contributed by atoms with Gasteiger partial charge >= 0.3 is 0 Å². The van der Waals surface area contributed by atoms with E-state index in [0.29, 0.717) is 16.6 Å². The summed E-state index contributed by atoms with van der Waals surface area (Å²) >= 11 is 7.24. The molecule has 78 valence electrons. The molecule has 3 nitrogen and oxygen atoms in total. The molecule has 0 aliphatic rings. The molecule has 5 heteroatoms. The molecular weight excluding hydrogens is 232 g/mol. The second-order valence-electron chi connectivity index (χ2n) is 2.90. The van der Waals surface area contributed by atoms with E-state index in [1.165, 1.54) is 11.3 Å². The lowest BCUT2D eigenvalue weighted by Gasteiger charge is -2.03. The minimum atomic E-state index is 0.419. The predicted octanol–water partition coefficient (Wildman–Crippen LogP) is 2.96. The molecule has 0 atom stereocenters. The van der Waals surface area contributed by atoms with E-state index in [0.717, 1.165) is 10.8 Å². The van der Waals surface area contributed by atoms with Crippen molar-refractivity contribution in [2.75, 3.05) is 5.73 Å². The third kappa shape index (κ3) is 2.84. The highest BCUT2D eigenvalue weighted by molar-refractivity contribution is 7.15. The van der Waals surface area contributed by atoms with Gasteiger partial charge < -0.3 is 10.5 Å². The number of rotatable bonds is 3. The standard InChI is InChI=1S/C10H9ClN2OS/c11-7-2-1-3-8(4-7)14-6-10-13-5-9(12)15-10/h1-5H,6,12H2. The lowest BCUT2D eigenvalue weighted by molar-refractivity contribution is 0.305. The number of nitrogen functional groups attached to an aromatic ring is 1. The number of hydrogen-bond donors (Lipinski definition) is 1. The van der Waals surface area contributed by atoms with E-state index in [1.807, 2.05) is 12.1 Å². The van der Waals surface area contributed by atoms with Crippen LogP contribution in [0.4, 0.5) is 5.00 Å². The maximum Gasteiger partial charge on any atom is 0.140 e. The van der Waals surface area contributed by atoms with Crippen LogP contribution in [0, 0.1) is 0 Å². The fraction of sp³-hybridized carbons (Fsp3) is 0.100. The van der Waals surface area contributed by atoms with Gasteiger partial charge in [-0.05, 0) is 18.2 Å². The van der Waals surface area contributed by atoms with E-state index >= 15 is 0 Å². The van der Waals surface area contributed by atoms with Crippen LogP contribution in [0.5, 0.6) is 5.75 Å². The number of nitrogens with zero attached hydrogens (tertiary/aromatic N) is 1. The van der Waals surface area contributed by atoms with Crippen molar-refractivity contribution in [2.45, 2.75) is 6.61 Å². The molecule has 1 aromatic carbocycles. The maximum atomic E-state index is 5.82. The van der Waals surface area contributed by atoms with Gasteiger partial charge in [0.15, 0.2) is 0 Å². The van der Waals surface area contributed by atoms with Gasteiger partial charge in [0.05, 0.1) is 6.20 Å². The number of anilines is 1. The summed E-state index contributed by atoms with van der Waals surface area (Å²) in [5, 5.41) is 2.21. The topological polar surface area (TPSA) is 48.1 Å². The van der Waals surface area contributed by atoms with Crippen LogP contribution in [-0.4, -0.2) is 4.98 Å². The smallest absolute Gasteiger partial charge is 0.140 e. The number of benzene rings is 1. The molecule has 0 radical (unpaired) electrons. The average Bonchev–Trinajstić information content (AvgIpc) is 2.62. The van der Waals surface area contributed by atoms with E-state index in [1.54, 1.807) is 18.3 Å². The fourth-order valence-corrected chi connectivity index (χ4v) is 1.87. The Morgan fingerprint density at radius 2 is 2.33 bits per heavy atom. The monoisotopic (exact) mass is 240 g/mol. The first-order valence-corrected chi connectivity index (χ1v) is 5.52. The molecule has 2 rings (SSSR count). The molecule has 2 aromatic rings. The van der Waals surface area contributed by atoms with Crippen molar-refractivity contribution in [3.05, 3.63) is 40.5 Å². The van der Waals surface area contributed by atoms with Gasteiger partial charge in [0.1, 0.15) is 22.4 Å².